The molecule has 8 rings (SSSR count). The van der Waals surface area contributed by atoms with Crippen molar-refractivity contribution >= 4 is 35.5 Å². The number of carboxylic acid groups (broad SMARTS) is 1. The molecule has 3 amide bonds. The topological polar surface area (TPSA) is 175 Å². The zero-order valence-electron chi connectivity index (χ0n) is 37.6. The molecule has 2 saturated heterocycles. The number of carbonyl (C=O) groups excluding carboxylic acids is 4. The van der Waals surface area contributed by atoms with E-state index in [2.05, 4.69) is 17.2 Å². The largest absolute Gasteiger partial charge is 0.491 e. The number of amides is 3. The summed E-state index contributed by atoms with van der Waals surface area (Å²) in [6.45, 7) is 4.19. The summed E-state index contributed by atoms with van der Waals surface area (Å²) in [5, 5.41) is 23.9. The number of aliphatic hydroxyl groups excluding tert-OH is 1. The van der Waals surface area contributed by atoms with Gasteiger partial charge in [0.2, 0.25) is 5.91 Å². The van der Waals surface area contributed by atoms with Crippen LogP contribution < -0.4 is 15.0 Å². The summed E-state index contributed by atoms with van der Waals surface area (Å²) in [6, 6.07) is 34.0. The lowest BCUT2D eigenvalue weighted by Crippen LogP contribution is -2.56. The molecule has 5 aromatic rings. The Morgan fingerprint density at radius 2 is 1.49 bits per heavy atom. The number of hydrogen-bond acceptors (Lipinski definition) is 11. The van der Waals surface area contributed by atoms with Gasteiger partial charge in [0.05, 0.1) is 38.0 Å². The Balaban J connectivity index is 1.37. The van der Waals surface area contributed by atoms with Gasteiger partial charge in [0.25, 0.3) is 0 Å². The second-order valence-corrected chi connectivity index (χ2v) is 17.3. The van der Waals surface area contributed by atoms with Gasteiger partial charge in [-0.15, -0.1) is 0 Å². The van der Waals surface area contributed by atoms with E-state index in [1.807, 2.05) is 103 Å². The number of anilines is 1. The highest BCUT2D eigenvalue weighted by molar-refractivity contribution is 6.24. The van der Waals surface area contributed by atoms with Crippen LogP contribution in [0.5, 0.6) is 5.75 Å². The minimum atomic E-state index is -2.21. The number of urea groups is 1. The Bertz CT molecular complexity index is 2690. The second kappa shape index (κ2) is 19.7. The first kappa shape index (κ1) is 46.2. The number of nitrogens with one attached hydrogen (secondary N) is 1. The van der Waals surface area contributed by atoms with E-state index in [-0.39, 0.29) is 24.5 Å². The minimum Gasteiger partial charge on any atom is -0.491 e. The van der Waals surface area contributed by atoms with Crippen molar-refractivity contribution in [2.75, 3.05) is 38.8 Å². The van der Waals surface area contributed by atoms with Gasteiger partial charge in [0.15, 0.2) is 0 Å². The van der Waals surface area contributed by atoms with Gasteiger partial charge in [-0.2, -0.15) is 0 Å². The monoisotopic (exact) mass is 904 g/mol. The standard InChI is InChI=1S/C53H52N4O10/c1-33(2)43(49(61)65-4)54-52(64)56-41-27-22-34(17-14-28-55(3)32-35-15-8-5-9-16-35)31-40(41)53(51(56)63)42(48(59)60)45-50(62)67-46(37-20-12-7-13-21-37)44(36-18-10-6-11-19-36)57(45)47(53)38-23-25-39(26-24-38)66-30-29-58/h5-13,15-16,18-27,31,33,42-47,58H,28-30,32H2,1-4H3,(H,54,64)(H,59,60). The van der Waals surface area contributed by atoms with Gasteiger partial charge in [0.1, 0.15) is 41.9 Å². The lowest BCUT2D eigenvalue weighted by molar-refractivity contribution is -0.179. The number of methoxy groups -OCH3 is 1. The number of aliphatic hydroxyl groups is 1. The van der Waals surface area contributed by atoms with Gasteiger partial charge in [-0.1, -0.05) is 129 Å². The molecule has 14 heteroatoms. The van der Waals surface area contributed by atoms with Gasteiger partial charge >= 0.3 is 23.9 Å². The van der Waals surface area contributed by atoms with E-state index in [4.69, 9.17) is 14.2 Å². The first-order valence-electron chi connectivity index (χ1n) is 22.1. The van der Waals surface area contributed by atoms with Crippen molar-refractivity contribution in [2.45, 2.75) is 56.1 Å². The van der Waals surface area contributed by atoms with Crippen molar-refractivity contribution in [2.24, 2.45) is 11.8 Å². The summed E-state index contributed by atoms with van der Waals surface area (Å²) < 4.78 is 17.1. The first-order valence-corrected chi connectivity index (χ1v) is 22.1. The zero-order chi connectivity index (χ0) is 47.4. The van der Waals surface area contributed by atoms with E-state index in [1.54, 1.807) is 61.2 Å². The van der Waals surface area contributed by atoms with Crippen LogP contribution in [0, 0.1) is 23.7 Å². The lowest BCUT2D eigenvalue weighted by Gasteiger charge is -2.46. The Labute approximate surface area is 389 Å². The molecule has 14 nitrogen and oxygen atoms in total. The molecule has 344 valence electrons. The zero-order valence-corrected chi connectivity index (χ0v) is 37.6. The van der Waals surface area contributed by atoms with Crippen LogP contribution in [0.25, 0.3) is 0 Å². The third-order valence-electron chi connectivity index (χ3n) is 12.8. The van der Waals surface area contributed by atoms with E-state index in [0.717, 1.165) is 10.5 Å². The SMILES string of the molecule is COC(=O)C(NC(=O)N1C(=O)C2(c3cc(C#CCN(C)Cc4ccccc4)ccc31)C(C(=O)O)C1C(=O)OC(c3ccccc3)C(c3ccccc3)N1C2c1ccc(OCCO)cc1)C(C)C. The predicted molar refractivity (Wildman–Crippen MR) is 247 cm³/mol. The summed E-state index contributed by atoms with van der Waals surface area (Å²) in [4.78, 5) is 78.1. The normalized spacial score (nSPS) is 22.4. The highest BCUT2D eigenvalue weighted by Crippen LogP contribution is 2.66. The lowest BCUT2D eigenvalue weighted by atomic mass is 9.65. The van der Waals surface area contributed by atoms with E-state index < -0.39 is 77.4 Å². The maximum Gasteiger partial charge on any atom is 0.329 e. The predicted octanol–water partition coefficient (Wildman–Crippen LogP) is 6.20. The number of rotatable bonds is 13. The van der Waals surface area contributed by atoms with Gasteiger partial charge < -0.3 is 29.7 Å². The molecule has 3 N–H and O–H groups in total. The van der Waals surface area contributed by atoms with Crippen molar-refractivity contribution in [3.8, 4) is 17.6 Å². The molecule has 3 aliphatic rings. The smallest absolute Gasteiger partial charge is 0.329 e. The number of imide groups is 1. The van der Waals surface area contributed by atoms with Gasteiger partial charge in [-0.25, -0.2) is 14.5 Å². The molecule has 0 aliphatic carbocycles. The number of aliphatic carboxylic acids is 1. The minimum absolute atomic E-state index is 0.00736. The molecular formula is C53H52N4O10. The fraction of sp³-hybridized carbons (Fsp3) is 0.302. The van der Waals surface area contributed by atoms with Gasteiger partial charge in [0, 0.05) is 12.1 Å². The number of morpholine rings is 1. The average Bonchev–Trinajstić information content (AvgIpc) is 3.79. The summed E-state index contributed by atoms with van der Waals surface area (Å²) >= 11 is 0. The Morgan fingerprint density at radius 3 is 2.10 bits per heavy atom. The Kier molecular flexibility index (Phi) is 13.6. The van der Waals surface area contributed by atoms with Crippen LogP contribution in [0.15, 0.2) is 133 Å². The van der Waals surface area contributed by atoms with Crippen LogP contribution in [0.3, 0.4) is 0 Å². The van der Waals surface area contributed by atoms with Gasteiger partial charge in [-0.3, -0.25) is 24.2 Å². The molecule has 0 radical (unpaired) electrons. The molecule has 0 aromatic heterocycles. The molecule has 1 spiro atoms. The summed E-state index contributed by atoms with van der Waals surface area (Å²) in [7, 11) is 3.13. The van der Waals surface area contributed by atoms with Crippen LogP contribution in [-0.4, -0.2) is 95.9 Å². The van der Waals surface area contributed by atoms with Crippen LogP contribution in [0.2, 0.25) is 0 Å². The maximum atomic E-state index is 16.2. The quantitative estimate of drug-likeness (QED) is 0.0904. The molecule has 0 saturated carbocycles. The van der Waals surface area contributed by atoms with Crippen molar-refractivity contribution in [3.05, 3.63) is 167 Å². The van der Waals surface area contributed by atoms with Crippen molar-refractivity contribution in [3.63, 3.8) is 0 Å². The number of cyclic esters (lactones) is 1. The molecule has 2 fully saturated rings. The van der Waals surface area contributed by atoms with E-state index in [9.17, 15) is 29.4 Å². The number of benzene rings is 5. The van der Waals surface area contributed by atoms with Crippen LogP contribution in [0.4, 0.5) is 10.5 Å². The average molecular weight is 905 g/mol. The van der Waals surface area contributed by atoms with Crippen molar-refractivity contribution in [1.29, 1.82) is 0 Å². The summed E-state index contributed by atoms with van der Waals surface area (Å²) in [6.07, 6.45) is -0.973. The summed E-state index contributed by atoms with van der Waals surface area (Å²) in [5.41, 5.74) is 1.29. The van der Waals surface area contributed by atoms with Crippen LogP contribution in [-0.2, 0) is 40.6 Å². The molecule has 3 heterocycles. The molecule has 5 aromatic carbocycles. The highest BCUT2D eigenvalue weighted by atomic mass is 16.6. The van der Waals surface area contributed by atoms with E-state index >= 15 is 4.79 Å². The van der Waals surface area contributed by atoms with Crippen molar-refractivity contribution in [1.82, 2.24) is 15.1 Å². The number of esters is 2. The second-order valence-electron chi connectivity index (χ2n) is 17.3. The van der Waals surface area contributed by atoms with Gasteiger partial charge in [-0.05, 0) is 71.1 Å². The Morgan fingerprint density at radius 1 is 0.851 bits per heavy atom. The highest BCUT2D eigenvalue weighted by Gasteiger charge is 2.76. The number of carboxylic acids is 1. The third-order valence-corrected chi connectivity index (χ3v) is 12.8. The molecular weight excluding hydrogens is 853 g/mol. The summed E-state index contributed by atoms with van der Waals surface area (Å²) in [5.74, 6) is 0.510. The first-order chi connectivity index (χ1) is 32.4. The van der Waals surface area contributed by atoms with E-state index in [1.165, 1.54) is 7.11 Å². The van der Waals surface area contributed by atoms with Crippen LogP contribution in [0.1, 0.15) is 65.4 Å². The molecule has 0 bridgehead atoms. The number of carbonyl (C=O) groups is 5. The molecule has 7 unspecified atom stereocenters. The number of fused-ring (bicyclic) bond motifs is 3. The molecule has 3 aliphatic heterocycles. The third kappa shape index (κ3) is 8.65. The van der Waals surface area contributed by atoms with Crippen LogP contribution >= 0.6 is 0 Å². The fourth-order valence-electron chi connectivity index (χ4n) is 9.92. The molecule has 67 heavy (non-hydrogen) atoms. The fourth-order valence-corrected chi connectivity index (χ4v) is 9.92. The number of nitrogens with zero attached hydrogens (tertiary/aromatic N) is 3. The molecule has 7 atom stereocenters. The number of ether oxygens (including phenoxy) is 3. The van der Waals surface area contributed by atoms with E-state index in [0.29, 0.717) is 41.1 Å². The number of hydrogen-bond donors (Lipinski definition) is 3. The van der Waals surface area contributed by atoms with Crippen molar-refractivity contribution < 1.29 is 48.4 Å². The maximum absolute atomic E-state index is 16.2. The Hall–Kier alpha value is -7.31.